The number of aliphatic hydroxyl groups excluding tert-OH is 1. The van der Waals surface area contributed by atoms with Gasteiger partial charge in [0.25, 0.3) is 0 Å². The SMILES string of the molecule is C[Si](O/C(=C/CO)c1cccc(F)c1)(c1ccccc1)c1ccccc1. The fourth-order valence-electron chi connectivity index (χ4n) is 2.96. The van der Waals surface area contributed by atoms with Crippen LogP contribution in [0.25, 0.3) is 5.76 Å². The maximum absolute atomic E-state index is 13.7. The van der Waals surface area contributed by atoms with Crippen molar-refractivity contribution in [3.05, 3.63) is 102 Å². The Balaban J connectivity index is 2.09. The van der Waals surface area contributed by atoms with E-state index in [1.807, 2.05) is 36.4 Å². The first kappa shape index (κ1) is 18.1. The molecule has 0 radical (unpaired) electrons. The highest BCUT2D eigenvalue weighted by Gasteiger charge is 2.36. The second-order valence-electron chi connectivity index (χ2n) is 6.13. The van der Waals surface area contributed by atoms with Crippen molar-refractivity contribution >= 4 is 24.5 Å². The lowest BCUT2D eigenvalue weighted by atomic mass is 10.2. The molecule has 0 spiro atoms. The summed E-state index contributed by atoms with van der Waals surface area (Å²) in [5, 5.41) is 11.7. The Morgan fingerprint density at radius 3 is 2.00 bits per heavy atom. The molecule has 0 aliphatic heterocycles. The predicted molar refractivity (Wildman–Crippen MR) is 106 cm³/mol. The summed E-state index contributed by atoms with van der Waals surface area (Å²) in [6, 6.07) is 26.4. The van der Waals surface area contributed by atoms with E-state index in [1.54, 1.807) is 18.2 Å². The molecule has 0 saturated heterocycles. The third kappa shape index (κ3) is 3.93. The second kappa shape index (κ2) is 8.12. The summed E-state index contributed by atoms with van der Waals surface area (Å²) >= 11 is 0. The molecule has 3 aromatic rings. The van der Waals surface area contributed by atoms with Crippen molar-refractivity contribution in [2.45, 2.75) is 6.55 Å². The molecule has 0 bridgehead atoms. The van der Waals surface area contributed by atoms with Crippen molar-refractivity contribution in [1.82, 2.24) is 0 Å². The summed E-state index contributed by atoms with van der Waals surface area (Å²) in [5.74, 6) is 0.159. The van der Waals surface area contributed by atoms with Crippen LogP contribution in [0.1, 0.15) is 5.56 Å². The minimum Gasteiger partial charge on any atom is -0.535 e. The van der Waals surface area contributed by atoms with Crippen molar-refractivity contribution in [3.63, 3.8) is 0 Å². The van der Waals surface area contributed by atoms with E-state index in [9.17, 15) is 9.50 Å². The Hall–Kier alpha value is -2.69. The van der Waals surface area contributed by atoms with Crippen LogP contribution in [0.2, 0.25) is 6.55 Å². The van der Waals surface area contributed by atoms with Gasteiger partial charge in [-0.25, -0.2) is 4.39 Å². The third-order valence-electron chi connectivity index (χ3n) is 4.35. The molecule has 3 rings (SSSR count). The first-order valence-electron chi connectivity index (χ1n) is 8.50. The topological polar surface area (TPSA) is 29.5 Å². The van der Waals surface area contributed by atoms with Gasteiger partial charge in [-0.15, -0.1) is 0 Å². The Kier molecular flexibility index (Phi) is 5.66. The molecule has 0 aromatic heterocycles. The lowest BCUT2D eigenvalue weighted by Gasteiger charge is -2.31. The third-order valence-corrected chi connectivity index (χ3v) is 7.85. The monoisotopic (exact) mass is 364 g/mol. The smallest absolute Gasteiger partial charge is 0.311 e. The molecule has 132 valence electrons. The number of benzene rings is 3. The second-order valence-corrected chi connectivity index (χ2v) is 9.55. The van der Waals surface area contributed by atoms with E-state index < -0.39 is 8.32 Å². The molecule has 0 unspecified atom stereocenters. The van der Waals surface area contributed by atoms with Crippen LogP contribution in [0.15, 0.2) is 91.0 Å². The minimum atomic E-state index is -2.60. The van der Waals surface area contributed by atoms with E-state index in [0.717, 1.165) is 10.4 Å². The standard InChI is InChI=1S/C22H21FO2Si/c1-26(20-11-4-2-5-12-20,21-13-6-3-7-14-21)25-22(15-16-24)18-9-8-10-19(23)17-18/h2-15,17,24H,16H2,1H3/b22-15+. The van der Waals surface area contributed by atoms with Gasteiger partial charge in [-0.05, 0) is 35.1 Å². The van der Waals surface area contributed by atoms with Crippen molar-refractivity contribution in [2.24, 2.45) is 0 Å². The first-order valence-corrected chi connectivity index (χ1v) is 10.9. The van der Waals surface area contributed by atoms with Gasteiger partial charge in [-0.2, -0.15) is 0 Å². The van der Waals surface area contributed by atoms with Gasteiger partial charge >= 0.3 is 8.32 Å². The van der Waals surface area contributed by atoms with Gasteiger partial charge in [0.05, 0.1) is 6.61 Å². The quantitative estimate of drug-likeness (QED) is 0.535. The van der Waals surface area contributed by atoms with Crippen LogP contribution >= 0.6 is 0 Å². The molecule has 1 N–H and O–H groups in total. The summed E-state index contributed by atoms with van der Waals surface area (Å²) < 4.78 is 20.3. The fourth-order valence-corrected chi connectivity index (χ4v) is 5.83. The van der Waals surface area contributed by atoms with Crippen LogP contribution in [0, 0.1) is 5.82 Å². The Bertz CT molecular complexity index is 839. The average Bonchev–Trinajstić information content (AvgIpc) is 2.69. The zero-order valence-corrected chi connectivity index (χ0v) is 15.6. The molecule has 0 saturated carbocycles. The van der Waals surface area contributed by atoms with Crippen LogP contribution in [0.4, 0.5) is 4.39 Å². The molecule has 0 amide bonds. The molecular formula is C22H21FO2Si. The molecule has 0 heterocycles. The van der Waals surface area contributed by atoms with Crippen molar-refractivity contribution < 1.29 is 13.9 Å². The lowest BCUT2D eigenvalue weighted by molar-refractivity contribution is 0.340. The zero-order chi connectivity index (χ0) is 18.4. The Morgan fingerprint density at radius 1 is 0.923 bits per heavy atom. The van der Waals surface area contributed by atoms with Crippen LogP contribution in [-0.4, -0.2) is 20.0 Å². The van der Waals surface area contributed by atoms with Crippen LogP contribution < -0.4 is 10.4 Å². The number of hydrogen-bond donors (Lipinski definition) is 1. The number of aliphatic hydroxyl groups is 1. The summed E-state index contributed by atoms with van der Waals surface area (Å²) in [5.41, 5.74) is 0.615. The van der Waals surface area contributed by atoms with E-state index in [4.69, 9.17) is 4.43 Å². The van der Waals surface area contributed by atoms with Gasteiger partial charge < -0.3 is 9.53 Å². The largest absolute Gasteiger partial charge is 0.535 e. The molecule has 0 fully saturated rings. The molecular weight excluding hydrogens is 343 g/mol. The van der Waals surface area contributed by atoms with Crippen molar-refractivity contribution in [1.29, 1.82) is 0 Å². The summed E-state index contributed by atoms with van der Waals surface area (Å²) in [7, 11) is -2.60. The van der Waals surface area contributed by atoms with Gasteiger partial charge in [0.2, 0.25) is 0 Å². The van der Waals surface area contributed by atoms with Crippen molar-refractivity contribution in [3.8, 4) is 0 Å². The first-order chi connectivity index (χ1) is 12.6. The average molecular weight is 364 g/mol. The Morgan fingerprint density at radius 2 is 1.50 bits per heavy atom. The van der Waals surface area contributed by atoms with Gasteiger partial charge in [0.1, 0.15) is 11.6 Å². The number of rotatable bonds is 6. The molecule has 2 nitrogen and oxygen atoms in total. The molecule has 4 heteroatoms. The van der Waals surface area contributed by atoms with Crippen LogP contribution in [0.5, 0.6) is 0 Å². The molecule has 0 aliphatic carbocycles. The van der Waals surface area contributed by atoms with E-state index in [0.29, 0.717) is 11.3 Å². The maximum atomic E-state index is 13.7. The summed E-state index contributed by atoms with van der Waals surface area (Å²) in [6.07, 6.45) is 1.59. The maximum Gasteiger partial charge on any atom is 0.311 e. The summed E-state index contributed by atoms with van der Waals surface area (Å²) in [6.45, 7) is 1.93. The van der Waals surface area contributed by atoms with Gasteiger partial charge in [0.15, 0.2) is 0 Å². The highest BCUT2D eigenvalue weighted by Crippen LogP contribution is 2.22. The van der Waals surface area contributed by atoms with E-state index in [2.05, 4.69) is 30.8 Å². The number of halogens is 1. The van der Waals surface area contributed by atoms with Crippen LogP contribution in [-0.2, 0) is 4.43 Å². The van der Waals surface area contributed by atoms with Crippen molar-refractivity contribution in [2.75, 3.05) is 6.61 Å². The zero-order valence-electron chi connectivity index (χ0n) is 14.6. The van der Waals surface area contributed by atoms with E-state index >= 15 is 0 Å². The minimum absolute atomic E-state index is 0.181. The fraction of sp³-hybridized carbons (Fsp3) is 0.0909. The van der Waals surface area contributed by atoms with Gasteiger partial charge in [0, 0.05) is 5.56 Å². The van der Waals surface area contributed by atoms with Gasteiger partial charge in [-0.3, -0.25) is 0 Å². The summed E-state index contributed by atoms with van der Waals surface area (Å²) in [4.78, 5) is 0. The van der Waals surface area contributed by atoms with E-state index in [-0.39, 0.29) is 12.4 Å². The number of hydrogen-bond acceptors (Lipinski definition) is 2. The van der Waals surface area contributed by atoms with Gasteiger partial charge in [-0.1, -0.05) is 72.8 Å². The van der Waals surface area contributed by atoms with E-state index in [1.165, 1.54) is 12.1 Å². The molecule has 26 heavy (non-hydrogen) atoms. The highest BCUT2D eigenvalue weighted by molar-refractivity contribution is 6.97. The molecule has 0 atom stereocenters. The lowest BCUT2D eigenvalue weighted by Crippen LogP contribution is -2.57. The molecule has 0 aliphatic rings. The highest BCUT2D eigenvalue weighted by atomic mass is 28.4. The molecule has 3 aromatic carbocycles. The van der Waals surface area contributed by atoms with Crippen LogP contribution in [0.3, 0.4) is 0 Å². The normalized spacial score (nSPS) is 12.0. The predicted octanol–water partition coefficient (Wildman–Crippen LogP) is 3.57. The Labute approximate surface area is 154 Å².